The highest BCUT2D eigenvalue weighted by atomic mass is 32.1. The number of hydrogen-bond donors (Lipinski definition) is 1. The summed E-state index contributed by atoms with van der Waals surface area (Å²) in [4.78, 5) is 2.56. The highest BCUT2D eigenvalue weighted by Gasteiger charge is 2.34. The molecule has 1 N–H and O–H groups in total. The van der Waals surface area contributed by atoms with Gasteiger partial charge in [-0.15, -0.1) is 10.2 Å². The average molecular weight is 224 g/mol. The van der Waals surface area contributed by atoms with E-state index in [9.17, 15) is 0 Å². The number of aromatic nitrogens is 2. The molecule has 2 bridgehead atoms. The van der Waals surface area contributed by atoms with Crippen LogP contribution in [0.3, 0.4) is 0 Å². The van der Waals surface area contributed by atoms with Crippen LogP contribution in [-0.4, -0.2) is 40.8 Å². The quantitative estimate of drug-likeness (QED) is 0.823. The Bertz CT molecular complexity index is 351. The van der Waals surface area contributed by atoms with Gasteiger partial charge >= 0.3 is 0 Å². The largest absolute Gasteiger partial charge is 0.357 e. The van der Waals surface area contributed by atoms with Crippen molar-refractivity contribution in [3.05, 3.63) is 5.01 Å². The number of nitrogens with zero attached hydrogens (tertiary/aromatic N) is 3. The van der Waals surface area contributed by atoms with E-state index in [1.165, 1.54) is 32.5 Å². The number of piperidine rings is 1. The molecule has 3 rings (SSSR count). The summed E-state index contributed by atoms with van der Waals surface area (Å²) < 4.78 is 0. The van der Waals surface area contributed by atoms with Crippen LogP contribution < -0.4 is 5.32 Å². The molecule has 0 aromatic carbocycles. The minimum Gasteiger partial charge on any atom is -0.357 e. The Kier molecular flexibility index (Phi) is 2.36. The highest BCUT2D eigenvalue weighted by molar-refractivity contribution is 7.15. The van der Waals surface area contributed by atoms with Gasteiger partial charge in [0.1, 0.15) is 5.01 Å². The molecule has 2 saturated heterocycles. The van der Waals surface area contributed by atoms with Crippen molar-refractivity contribution < 1.29 is 0 Å². The number of rotatable bonds is 2. The Balaban J connectivity index is 1.67. The first-order valence-electron chi connectivity index (χ1n) is 5.60. The summed E-state index contributed by atoms with van der Waals surface area (Å²) in [7, 11) is 0. The summed E-state index contributed by atoms with van der Waals surface area (Å²) in [5.41, 5.74) is 0. The second kappa shape index (κ2) is 3.72. The zero-order valence-corrected chi connectivity index (χ0v) is 9.76. The topological polar surface area (TPSA) is 41.1 Å². The Hall–Kier alpha value is -0.680. The van der Waals surface area contributed by atoms with Crippen molar-refractivity contribution in [3.8, 4) is 0 Å². The van der Waals surface area contributed by atoms with Gasteiger partial charge in [-0.1, -0.05) is 11.3 Å². The van der Waals surface area contributed by atoms with Crippen LogP contribution in [0.25, 0.3) is 0 Å². The molecule has 3 unspecified atom stereocenters. The summed E-state index contributed by atoms with van der Waals surface area (Å²) in [5, 5.41) is 13.8. The van der Waals surface area contributed by atoms with Crippen molar-refractivity contribution in [2.75, 3.05) is 25.0 Å². The fourth-order valence-electron chi connectivity index (χ4n) is 2.66. The van der Waals surface area contributed by atoms with Gasteiger partial charge in [-0.05, 0) is 32.2 Å². The van der Waals surface area contributed by atoms with Crippen molar-refractivity contribution in [2.45, 2.75) is 25.8 Å². The number of aryl methyl sites for hydroxylation is 1. The molecule has 3 heterocycles. The van der Waals surface area contributed by atoms with E-state index in [-0.39, 0.29) is 0 Å². The molecule has 0 aliphatic carbocycles. The molecule has 4 nitrogen and oxygen atoms in total. The average Bonchev–Trinajstić information content (AvgIpc) is 2.79. The first-order valence-corrected chi connectivity index (χ1v) is 6.42. The number of anilines is 1. The van der Waals surface area contributed by atoms with Crippen LogP contribution in [0.5, 0.6) is 0 Å². The van der Waals surface area contributed by atoms with Crippen molar-refractivity contribution in [2.24, 2.45) is 5.92 Å². The zero-order chi connectivity index (χ0) is 10.3. The van der Waals surface area contributed by atoms with Gasteiger partial charge in [0, 0.05) is 19.1 Å². The third-order valence-electron chi connectivity index (χ3n) is 3.47. The van der Waals surface area contributed by atoms with E-state index >= 15 is 0 Å². The van der Waals surface area contributed by atoms with Crippen molar-refractivity contribution in [1.82, 2.24) is 15.1 Å². The number of nitrogens with one attached hydrogen (secondary N) is 1. The number of hydrogen-bond acceptors (Lipinski definition) is 5. The minimum absolute atomic E-state index is 0.621. The zero-order valence-electron chi connectivity index (χ0n) is 8.94. The van der Waals surface area contributed by atoms with E-state index < -0.39 is 0 Å². The van der Waals surface area contributed by atoms with Gasteiger partial charge < -0.3 is 10.2 Å². The summed E-state index contributed by atoms with van der Waals surface area (Å²) in [6, 6.07) is 0.621. The lowest BCUT2D eigenvalue weighted by molar-refractivity contribution is 0.255. The predicted molar refractivity (Wildman–Crippen MR) is 61.2 cm³/mol. The van der Waals surface area contributed by atoms with Crippen LogP contribution in [0.2, 0.25) is 0 Å². The van der Waals surface area contributed by atoms with Gasteiger partial charge in [-0.3, -0.25) is 0 Å². The maximum absolute atomic E-state index is 4.14. The van der Waals surface area contributed by atoms with E-state index in [1.807, 2.05) is 6.92 Å². The second-order valence-corrected chi connectivity index (χ2v) is 5.70. The monoisotopic (exact) mass is 224 g/mol. The fourth-order valence-corrected chi connectivity index (χ4v) is 3.31. The lowest BCUT2D eigenvalue weighted by atomic mass is 9.94. The second-order valence-electron chi connectivity index (χ2n) is 4.52. The summed E-state index contributed by atoms with van der Waals surface area (Å²) in [6.07, 6.45) is 2.60. The molecule has 0 amide bonds. The molecule has 2 aliphatic rings. The van der Waals surface area contributed by atoms with Crippen LogP contribution in [0.4, 0.5) is 5.13 Å². The Morgan fingerprint density at radius 3 is 3.00 bits per heavy atom. The smallest absolute Gasteiger partial charge is 0.205 e. The van der Waals surface area contributed by atoms with E-state index in [2.05, 4.69) is 20.4 Å². The first kappa shape index (κ1) is 9.54. The summed E-state index contributed by atoms with van der Waals surface area (Å²) in [5.74, 6) is 0.822. The molecule has 0 saturated carbocycles. The van der Waals surface area contributed by atoms with Crippen molar-refractivity contribution in [3.63, 3.8) is 0 Å². The van der Waals surface area contributed by atoms with Crippen LogP contribution in [0, 0.1) is 12.8 Å². The molecule has 1 aromatic heterocycles. The van der Waals surface area contributed by atoms with E-state index in [0.717, 1.165) is 16.1 Å². The lowest BCUT2D eigenvalue weighted by Crippen LogP contribution is -2.39. The molecular weight excluding hydrogens is 208 g/mol. The van der Waals surface area contributed by atoms with Gasteiger partial charge in [0.15, 0.2) is 0 Å². The van der Waals surface area contributed by atoms with Crippen LogP contribution >= 0.6 is 11.3 Å². The maximum Gasteiger partial charge on any atom is 0.205 e. The third-order valence-corrected chi connectivity index (χ3v) is 4.24. The Morgan fingerprint density at radius 2 is 2.20 bits per heavy atom. The van der Waals surface area contributed by atoms with E-state index in [4.69, 9.17) is 0 Å². The third kappa shape index (κ3) is 1.86. The predicted octanol–water partition coefficient (Wildman–Crippen LogP) is 1.35. The fraction of sp³-hybridized carbons (Fsp3) is 0.800. The SMILES string of the molecule is Cc1nnc(NC2CCN3CCC2C3)s1. The van der Waals surface area contributed by atoms with Crippen LogP contribution in [-0.2, 0) is 0 Å². The van der Waals surface area contributed by atoms with Crippen molar-refractivity contribution >= 4 is 16.5 Å². The molecule has 3 atom stereocenters. The van der Waals surface area contributed by atoms with Crippen LogP contribution in [0.1, 0.15) is 17.8 Å². The first-order chi connectivity index (χ1) is 7.31. The van der Waals surface area contributed by atoms with E-state index in [1.54, 1.807) is 11.3 Å². The highest BCUT2D eigenvalue weighted by Crippen LogP contribution is 2.29. The minimum atomic E-state index is 0.621. The van der Waals surface area contributed by atoms with Gasteiger partial charge in [0.2, 0.25) is 5.13 Å². The molecule has 2 aliphatic heterocycles. The molecule has 2 fully saturated rings. The molecule has 5 heteroatoms. The normalized spacial score (nSPS) is 34.3. The maximum atomic E-state index is 4.14. The van der Waals surface area contributed by atoms with Crippen LogP contribution in [0.15, 0.2) is 0 Å². The summed E-state index contributed by atoms with van der Waals surface area (Å²) in [6.45, 7) is 5.81. The van der Waals surface area contributed by atoms with Gasteiger partial charge in [-0.2, -0.15) is 0 Å². The molecule has 0 spiro atoms. The van der Waals surface area contributed by atoms with Crippen molar-refractivity contribution in [1.29, 1.82) is 0 Å². The standard InChI is InChI=1S/C10H16N4S/c1-7-12-13-10(15-7)11-9-3-5-14-4-2-8(9)6-14/h8-9H,2-6H2,1H3,(H,11,13). The molecule has 1 aromatic rings. The molecule has 15 heavy (non-hydrogen) atoms. The van der Waals surface area contributed by atoms with E-state index in [0.29, 0.717) is 6.04 Å². The summed E-state index contributed by atoms with van der Waals surface area (Å²) >= 11 is 1.66. The van der Waals surface area contributed by atoms with Gasteiger partial charge in [0.25, 0.3) is 0 Å². The Labute approximate surface area is 93.7 Å². The molecular formula is C10H16N4S. The molecule has 82 valence electrons. The van der Waals surface area contributed by atoms with Gasteiger partial charge in [0.05, 0.1) is 0 Å². The van der Waals surface area contributed by atoms with Gasteiger partial charge in [-0.25, -0.2) is 0 Å². The lowest BCUT2D eigenvalue weighted by Gasteiger charge is -2.30. The Morgan fingerprint density at radius 1 is 1.33 bits per heavy atom. The number of fused-ring (bicyclic) bond motifs is 2. The molecule has 0 radical (unpaired) electrons.